The highest BCUT2D eigenvalue weighted by Gasteiger charge is 2.14. The normalized spacial score (nSPS) is 10.6. The fourth-order valence-electron chi connectivity index (χ4n) is 3.72. The number of anilines is 2. The zero-order chi connectivity index (χ0) is 24.5. The summed E-state index contributed by atoms with van der Waals surface area (Å²) in [6.45, 7) is 1.47. The number of hydrogen-bond donors (Lipinski definition) is 2. The van der Waals surface area contributed by atoms with E-state index >= 15 is 0 Å². The highest BCUT2D eigenvalue weighted by Crippen LogP contribution is 2.36. The number of rotatable bonds is 11. The maximum absolute atomic E-state index is 6.10. The quantitative estimate of drug-likeness (QED) is 0.198. The molecule has 0 unspecified atom stereocenters. The summed E-state index contributed by atoms with van der Waals surface area (Å²) in [5.41, 5.74) is 4.27. The lowest BCUT2D eigenvalue weighted by atomic mass is 10.1. The highest BCUT2D eigenvalue weighted by molar-refractivity contribution is 9.10. The average molecular weight is 533 g/mol. The van der Waals surface area contributed by atoms with Gasteiger partial charge in [0.2, 0.25) is 0 Å². The Labute approximate surface area is 215 Å². The molecule has 0 aliphatic heterocycles. The minimum Gasteiger partial charge on any atom is -0.496 e. The number of methoxy groups -OCH3 is 2. The van der Waals surface area contributed by atoms with E-state index in [1.807, 2.05) is 66.7 Å². The van der Waals surface area contributed by atoms with Crippen molar-refractivity contribution in [1.82, 2.24) is 5.32 Å². The summed E-state index contributed by atoms with van der Waals surface area (Å²) in [4.78, 5) is 0. The molecule has 6 heteroatoms. The van der Waals surface area contributed by atoms with Gasteiger partial charge in [-0.1, -0.05) is 46.3 Å². The van der Waals surface area contributed by atoms with Gasteiger partial charge in [0.05, 0.1) is 19.8 Å². The van der Waals surface area contributed by atoms with Gasteiger partial charge in [0.1, 0.15) is 23.0 Å². The second-order valence-electron chi connectivity index (χ2n) is 7.98. The molecule has 4 rings (SSSR count). The summed E-state index contributed by atoms with van der Waals surface area (Å²) in [6, 6.07) is 30.1. The molecule has 4 aromatic rings. The van der Waals surface area contributed by atoms with Crippen LogP contribution in [0.2, 0.25) is 0 Å². The van der Waals surface area contributed by atoms with Crippen LogP contribution < -0.4 is 24.8 Å². The van der Waals surface area contributed by atoms with Crippen LogP contribution >= 0.6 is 15.9 Å². The SMILES string of the molecule is COc1cc(Oc2ccc(Nc3ccccc3)cc2)cc(OC)c1CNCCc1ccc(Br)cc1. The summed E-state index contributed by atoms with van der Waals surface area (Å²) in [6.07, 6.45) is 0.939. The molecular weight excluding hydrogens is 504 g/mol. The Bertz CT molecular complexity index is 1190. The third kappa shape index (κ3) is 7.01. The molecule has 0 aliphatic rings. The fraction of sp³-hybridized carbons (Fsp3) is 0.172. The molecule has 0 amide bonds. The first-order chi connectivity index (χ1) is 17.1. The van der Waals surface area contributed by atoms with Crippen molar-refractivity contribution in [3.05, 3.63) is 107 Å². The molecule has 0 spiro atoms. The zero-order valence-corrected chi connectivity index (χ0v) is 21.5. The maximum Gasteiger partial charge on any atom is 0.134 e. The topological polar surface area (TPSA) is 51.8 Å². The number of benzene rings is 4. The van der Waals surface area contributed by atoms with Gasteiger partial charge < -0.3 is 24.8 Å². The molecule has 5 nitrogen and oxygen atoms in total. The van der Waals surface area contributed by atoms with E-state index in [0.29, 0.717) is 12.3 Å². The molecule has 35 heavy (non-hydrogen) atoms. The van der Waals surface area contributed by atoms with Crippen LogP contribution in [0.4, 0.5) is 11.4 Å². The fourth-order valence-corrected chi connectivity index (χ4v) is 3.99. The van der Waals surface area contributed by atoms with E-state index in [9.17, 15) is 0 Å². The van der Waals surface area contributed by atoms with Crippen molar-refractivity contribution >= 4 is 27.3 Å². The second kappa shape index (κ2) is 12.3. The minimum absolute atomic E-state index is 0.628. The smallest absolute Gasteiger partial charge is 0.134 e. The van der Waals surface area contributed by atoms with Crippen LogP contribution in [0.3, 0.4) is 0 Å². The Morgan fingerprint density at radius 2 is 1.34 bits per heavy atom. The van der Waals surface area contributed by atoms with E-state index in [0.717, 1.165) is 51.6 Å². The van der Waals surface area contributed by atoms with Crippen LogP contribution in [0.25, 0.3) is 0 Å². The van der Waals surface area contributed by atoms with Gasteiger partial charge in [-0.25, -0.2) is 0 Å². The molecule has 180 valence electrons. The minimum atomic E-state index is 0.628. The second-order valence-corrected chi connectivity index (χ2v) is 8.89. The van der Waals surface area contributed by atoms with Gasteiger partial charge in [-0.15, -0.1) is 0 Å². The summed E-state index contributed by atoms with van der Waals surface area (Å²) < 4.78 is 18.5. The van der Waals surface area contributed by atoms with E-state index < -0.39 is 0 Å². The third-order valence-electron chi connectivity index (χ3n) is 5.54. The summed E-state index contributed by atoms with van der Waals surface area (Å²) >= 11 is 3.47. The Morgan fingerprint density at radius 3 is 1.97 bits per heavy atom. The Balaban J connectivity index is 1.39. The molecule has 0 heterocycles. The van der Waals surface area contributed by atoms with E-state index in [-0.39, 0.29) is 0 Å². The lowest BCUT2D eigenvalue weighted by molar-refractivity contribution is 0.375. The predicted octanol–water partition coefficient (Wildman–Crippen LogP) is 7.33. The zero-order valence-electron chi connectivity index (χ0n) is 19.9. The third-order valence-corrected chi connectivity index (χ3v) is 6.07. The Morgan fingerprint density at radius 1 is 0.714 bits per heavy atom. The van der Waals surface area contributed by atoms with E-state index in [1.165, 1.54) is 5.56 Å². The van der Waals surface area contributed by atoms with Crippen molar-refractivity contribution in [1.29, 1.82) is 0 Å². The molecule has 0 aromatic heterocycles. The van der Waals surface area contributed by atoms with Crippen LogP contribution in [0.15, 0.2) is 95.5 Å². The van der Waals surface area contributed by atoms with Crippen molar-refractivity contribution < 1.29 is 14.2 Å². The van der Waals surface area contributed by atoms with Crippen LogP contribution in [0, 0.1) is 0 Å². The van der Waals surface area contributed by atoms with Gasteiger partial charge in [-0.3, -0.25) is 0 Å². The van der Waals surface area contributed by atoms with Crippen molar-refractivity contribution in [2.75, 3.05) is 26.1 Å². The standard InChI is InChI=1S/C29H29BrN2O3/c1-33-28-18-26(35-25-14-12-24(13-15-25)32-23-6-4-3-5-7-23)19-29(34-2)27(28)20-31-17-16-21-8-10-22(30)11-9-21/h3-15,18-19,31-32H,16-17,20H2,1-2H3. The molecule has 0 aliphatic carbocycles. The molecule has 0 fully saturated rings. The van der Waals surface area contributed by atoms with Gasteiger partial charge in [-0.2, -0.15) is 0 Å². The number of para-hydroxylation sites is 1. The maximum atomic E-state index is 6.10. The van der Waals surface area contributed by atoms with Crippen molar-refractivity contribution in [3.8, 4) is 23.0 Å². The van der Waals surface area contributed by atoms with Gasteiger partial charge in [-0.05, 0) is 67.1 Å². The van der Waals surface area contributed by atoms with Crippen molar-refractivity contribution in [2.24, 2.45) is 0 Å². The highest BCUT2D eigenvalue weighted by atomic mass is 79.9. The monoisotopic (exact) mass is 532 g/mol. The lowest BCUT2D eigenvalue weighted by Crippen LogP contribution is -2.17. The number of nitrogens with one attached hydrogen (secondary N) is 2. The molecule has 0 bridgehead atoms. The average Bonchev–Trinajstić information content (AvgIpc) is 2.89. The first kappa shape index (κ1) is 24.6. The summed E-state index contributed by atoms with van der Waals surface area (Å²) in [5.74, 6) is 2.82. The number of halogens is 1. The number of hydrogen-bond acceptors (Lipinski definition) is 5. The van der Waals surface area contributed by atoms with Crippen LogP contribution in [0.5, 0.6) is 23.0 Å². The Hall–Kier alpha value is -3.48. The van der Waals surface area contributed by atoms with Gasteiger partial charge >= 0.3 is 0 Å². The van der Waals surface area contributed by atoms with Gasteiger partial charge in [0.15, 0.2) is 0 Å². The van der Waals surface area contributed by atoms with Crippen LogP contribution in [-0.4, -0.2) is 20.8 Å². The first-order valence-corrected chi connectivity index (χ1v) is 12.2. The Kier molecular flexibility index (Phi) is 8.65. The summed E-state index contributed by atoms with van der Waals surface area (Å²) in [5, 5.41) is 6.86. The van der Waals surface area contributed by atoms with Gasteiger partial charge in [0.25, 0.3) is 0 Å². The molecular formula is C29H29BrN2O3. The number of ether oxygens (including phenoxy) is 3. The molecule has 2 N–H and O–H groups in total. The van der Waals surface area contributed by atoms with Crippen molar-refractivity contribution in [2.45, 2.75) is 13.0 Å². The lowest BCUT2D eigenvalue weighted by Gasteiger charge is -2.16. The largest absolute Gasteiger partial charge is 0.496 e. The van der Waals surface area contributed by atoms with Crippen LogP contribution in [-0.2, 0) is 13.0 Å². The molecule has 0 atom stereocenters. The molecule has 0 saturated heterocycles. The molecule has 0 radical (unpaired) electrons. The molecule has 4 aromatic carbocycles. The predicted molar refractivity (Wildman–Crippen MR) is 145 cm³/mol. The van der Waals surface area contributed by atoms with Crippen LogP contribution in [0.1, 0.15) is 11.1 Å². The first-order valence-electron chi connectivity index (χ1n) is 11.4. The molecule has 0 saturated carbocycles. The van der Waals surface area contributed by atoms with E-state index in [1.54, 1.807) is 14.2 Å². The van der Waals surface area contributed by atoms with E-state index in [4.69, 9.17) is 14.2 Å². The van der Waals surface area contributed by atoms with E-state index in [2.05, 4.69) is 50.8 Å². The summed E-state index contributed by atoms with van der Waals surface area (Å²) in [7, 11) is 3.32. The van der Waals surface area contributed by atoms with Gasteiger partial charge in [0, 0.05) is 34.5 Å². The van der Waals surface area contributed by atoms with Crippen molar-refractivity contribution in [3.63, 3.8) is 0 Å².